The van der Waals surface area contributed by atoms with Crippen LogP contribution in [-0.2, 0) is 289 Å². The number of halogens is 4. The summed E-state index contributed by atoms with van der Waals surface area (Å²) in [4.78, 5) is 17.0. The molecule has 0 bridgehead atoms. The third-order valence-corrected chi connectivity index (χ3v) is 18.3. The Bertz CT molecular complexity index is 3490. The van der Waals surface area contributed by atoms with E-state index in [1.54, 1.807) is 16.6 Å². The summed E-state index contributed by atoms with van der Waals surface area (Å²) < 4.78 is 65.4. The Hall–Kier alpha value is -1.53. The van der Waals surface area contributed by atoms with E-state index in [4.69, 9.17) is 135 Å². The van der Waals surface area contributed by atoms with Crippen molar-refractivity contribution in [2.75, 3.05) is 27.0 Å². The smallest absolute Gasteiger partial charge is 0.107 e. The third-order valence-electron chi connectivity index (χ3n) is 18.3. The normalized spacial score (nSPS) is 13.5. The minimum Gasteiger partial charge on any atom is -0.388 e. The standard InChI is InChI=1S/C18H24B3F3N3.C18H24B3N9O3.C18H27B3N3.C15H15N9O3.CH3B.CH3F.CH4.6Y/c19-7-1-4-13-16(10-25-22)14(5-2-8-20)18(12-27-24)15(6-3-9-21)17(13)11-26-23;19-4-1-13(31)16-10(7-25-28-22)17(14(32)2-5-20)12(9-27-30-24)18(15(33)3-6-21)11(16)8-26-29-23;19-7-1-4-13-16(10-22)14(5-2-8-20)18(12-24)15(6-3-9-21)17(13)11-23;16-22-19-1-7-13(10-4-25-10)8(2-20-23-17)15(12-6-27-12)9(3-21-24-18)14(7)11-5-26-11;2*1-2;;;;;;;/h4-6,25-27H,1-3,7-12H2;13-15,31-33H,1-9H2;4-6H,1-3,7-12,22-24H2;10-12H,1-6H2;2*1H3;1H4;;;;;;/q-3;;-3;;;;;;;;;;. The van der Waals surface area contributed by atoms with Crippen molar-refractivity contribution in [3.05, 3.63) is 235 Å². The van der Waals surface area contributed by atoms with Gasteiger partial charge in [-0.2, -0.15) is 105 Å². The van der Waals surface area contributed by atoms with Crippen LogP contribution in [0.1, 0.15) is 235 Å². The van der Waals surface area contributed by atoms with E-state index in [2.05, 4.69) is 87.3 Å². The van der Waals surface area contributed by atoms with Gasteiger partial charge in [-0.3, -0.25) is 4.39 Å². The fourth-order valence-corrected chi connectivity index (χ4v) is 13.8. The van der Waals surface area contributed by atoms with Crippen molar-refractivity contribution in [1.82, 2.24) is 16.6 Å². The minimum absolute atomic E-state index is 0. The first kappa shape index (κ1) is 131. The first-order valence-electron chi connectivity index (χ1n) is 37.2. The number of alkyl halides is 1. The van der Waals surface area contributed by atoms with Crippen LogP contribution in [-0.4, -0.2) is 121 Å². The van der Waals surface area contributed by atoms with E-state index >= 15 is 0 Å². The molecule has 6 atom stereocenters. The van der Waals surface area contributed by atoms with Crippen LogP contribution in [0.4, 0.5) is 17.8 Å². The molecule has 0 spiro atoms. The molecule has 0 aromatic heterocycles. The zero-order valence-corrected chi connectivity index (χ0v) is 85.9. The van der Waals surface area contributed by atoms with Gasteiger partial charge in [0.15, 0.2) is 0 Å². The number of aliphatic hydroxyl groups excluding tert-OH is 3. The van der Waals surface area contributed by atoms with Gasteiger partial charge in [0.1, 0.15) is 18.3 Å². The van der Waals surface area contributed by atoms with E-state index < -0.39 is 18.3 Å². The van der Waals surface area contributed by atoms with Crippen molar-refractivity contribution in [2.45, 2.75) is 244 Å². The summed E-state index contributed by atoms with van der Waals surface area (Å²) in [6, 6.07) is 0. The third kappa shape index (κ3) is 41.1. The number of rotatable bonds is 51. The van der Waals surface area contributed by atoms with Gasteiger partial charge in [-0.25, -0.2) is 0 Å². The second-order valence-corrected chi connectivity index (χ2v) is 25.0. The summed E-state index contributed by atoms with van der Waals surface area (Å²) >= 11 is 0. The van der Waals surface area contributed by atoms with Gasteiger partial charge in [-0.1, -0.05) is 140 Å². The van der Waals surface area contributed by atoms with E-state index in [-0.39, 0.29) is 353 Å². The molecule has 12 N–H and O–H groups in total. The van der Waals surface area contributed by atoms with Crippen LogP contribution in [0.2, 0.25) is 63.7 Å². The Morgan fingerprint density at radius 3 is 0.664 bits per heavy atom. The van der Waals surface area contributed by atoms with Crippen molar-refractivity contribution in [3.63, 3.8) is 0 Å². The zero-order chi connectivity index (χ0) is 85.6. The van der Waals surface area contributed by atoms with E-state index in [9.17, 15) is 33.2 Å². The molecule has 7 rings (SSSR count). The van der Waals surface area contributed by atoms with Crippen molar-refractivity contribution in [1.29, 1.82) is 0 Å². The molecule has 0 saturated carbocycles. The van der Waals surface area contributed by atoms with Gasteiger partial charge in [0.05, 0.1) is 163 Å². The second kappa shape index (κ2) is 79.2. The number of hydrogen-bond donors (Lipinski definition) is 9. The van der Waals surface area contributed by atoms with Gasteiger partial charge in [0.25, 0.3) is 0 Å². The second-order valence-electron chi connectivity index (χ2n) is 25.0. The minimum atomic E-state index is -1.19. The van der Waals surface area contributed by atoms with Gasteiger partial charge in [-0.05, 0) is 139 Å². The monoisotopic (exact) mass is 2120 g/mol. The van der Waals surface area contributed by atoms with E-state index in [1.165, 1.54) is 6.82 Å². The Labute approximate surface area is 881 Å². The van der Waals surface area contributed by atoms with Crippen molar-refractivity contribution < 1.29 is 244 Å². The molecule has 26 radical (unpaired) electrons. The summed E-state index contributed by atoms with van der Waals surface area (Å²) in [6.45, 7) is 3.57. The average molecular weight is 2120 g/mol. The summed E-state index contributed by atoms with van der Waals surface area (Å²) in [5, 5.41) is 55.0. The van der Waals surface area contributed by atoms with E-state index in [1.807, 2.05) is 19.3 Å². The number of nitrogens with two attached hydrogens (primary N) is 3. The predicted octanol–water partition coefficient (Wildman–Crippen LogP) is 14.7. The summed E-state index contributed by atoms with van der Waals surface area (Å²) in [5.41, 5.74) is 93.4. The van der Waals surface area contributed by atoms with Crippen LogP contribution < -0.4 is 33.8 Å². The number of ether oxygens (including phenoxy) is 3. The molecule has 4 aromatic rings. The molecule has 3 aliphatic heterocycles. The fourth-order valence-electron chi connectivity index (χ4n) is 13.8. The Kier molecular flexibility index (Phi) is 85.2. The van der Waals surface area contributed by atoms with Crippen molar-refractivity contribution >= 4 is 78.5 Å². The maximum atomic E-state index is 13.1. The van der Waals surface area contributed by atoms with Crippen molar-refractivity contribution in [3.8, 4) is 0 Å². The van der Waals surface area contributed by atoms with Gasteiger partial charge in [0.2, 0.25) is 0 Å². The fraction of sp³-hybridized carbons (Fsp3) is 0.583. The largest absolute Gasteiger partial charge is 0.388 e. The Morgan fingerprint density at radius 2 is 0.525 bits per heavy atom. The van der Waals surface area contributed by atoms with Gasteiger partial charge < -0.3 is 46.7 Å². The van der Waals surface area contributed by atoms with Crippen molar-refractivity contribution in [2.24, 2.45) is 47.9 Å². The summed E-state index contributed by atoms with van der Waals surface area (Å²) in [7, 11) is 55.9. The SMILES string of the molecule is C.CF.[B]C.[B]CCC(O)c1c(CN=[N+]=[N-])c(C(O)CC[B])c(CN=[N+]=[N-])c(C(O)CC[B])c1CN=[N+]=[N-].[B]CC[CH-]c1c(CN)c([CH-]CC[B])c(CN)c([CH-]CC[B])c1CN.[B]CC[CH-]c1c(CNF)c([CH-]CC[B])c(CNF)c([CH-]CC[B])c1CNF.[N-]=[N+]=NCc1c(C2CO2)c(CN=[N+]=[N-])c(C2CO2)c(CN=[N+]=[N-])c1C1CO1.[Y].[Y].[Y].[Y].[Y].[Y]. The van der Waals surface area contributed by atoms with Crippen LogP contribution in [0, 0.1) is 38.5 Å². The topological polar surface area (TPSA) is 505 Å². The molecule has 122 heavy (non-hydrogen) atoms. The van der Waals surface area contributed by atoms with E-state index in [0.717, 1.165) is 86.0 Å². The molecule has 4 aromatic carbocycles. The van der Waals surface area contributed by atoms with Crippen LogP contribution in [0.5, 0.6) is 0 Å². The Balaban J connectivity index is -0.000000357. The van der Waals surface area contributed by atoms with Crippen LogP contribution in [0.15, 0.2) is 30.7 Å². The molecular weight excluding hydrogens is 2010 g/mol. The molecule has 50 heteroatoms. The molecule has 626 valence electrons. The number of epoxide rings is 3. The molecule has 3 aliphatic rings. The van der Waals surface area contributed by atoms with Crippen LogP contribution >= 0.6 is 0 Å². The average Bonchev–Trinajstić information content (AvgIpc) is 1.57. The number of aliphatic hydroxyl groups is 3. The summed E-state index contributed by atoms with van der Waals surface area (Å²) in [5.74, 6) is 0. The summed E-state index contributed by atoms with van der Waals surface area (Å²) in [6.07, 6.45) is 15.4. The van der Waals surface area contributed by atoms with E-state index in [0.29, 0.717) is 137 Å². The molecule has 0 amide bonds. The number of hydrogen-bond acceptors (Lipinski definition) is 18. The molecule has 3 fully saturated rings. The molecule has 3 heterocycles. The molecule has 30 nitrogen and oxygen atoms in total. The maximum Gasteiger partial charge on any atom is 0.107 e. The molecule has 3 saturated heterocycles. The molecule has 0 aliphatic carbocycles. The van der Waals surface area contributed by atoms with Gasteiger partial charge in [-0.15, -0.1) is 30.1 Å². The van der Waals surface area contributed by atoms with Gasteiger partial charge in [0, 0.05) is 245 Å². The van der Waals surface area contributed by atoms with Gasteiger partial charge >= 0.3 is 0 Å². The van der Waals surface area contributed by atoms with Crippen LogP contribution in [0.3, 0.4) is 0 Å². The Morgan fingerprint density at radius 1 is 0.352 bits per heavy atom. The first-order chi connectivity index (χ1) is 56.1. The first-order valence-corrected chi connectivity index (χ1v) is 37.2. The zero-order valence-electron chi connectivity index (χ0n) is 68.9. The predicted molar refractivity (Wildman–Crippen MR) is 454 cm³/mol. The number of nitrogens with zero attached hydrogens (tertiary/aromatic N) is 18. The number of benzene rings is 4. The molecular formula is C72H100B10F4N24O6Y6-6. The number of azide groups is 6. The van der Waals surface area contributed by atoms with Crippen LogP contribution in [0.25, 0.3) is 62.7 Å². The quantitative estimate of drug-likeness (QED) is 0.00291. The number of nitrogens with one attached hydrogen (secondary N) is 3. The molecule has 6 unspecified atom stereocenters. The maximum absolute atomic E-state index is 13.1.